The lowest BCUT2D eigenvalue weighted by Gasteiger charge is -2.22. The third kappa shape index (κ3) is 1.80. The number of aromatic nitrogens is 4. The van der Waals surface area contributed by atoms with E-state index in [0.29, 0.717) is 17.8 Å². The summed E-state index contributed by atoms with van der Waals surface area (Å²) >= 11 is 1.71. The maximum absolute atomic E-state index is 5.88. The van der Waals surface area contributed by atoms with E-state index in [2.05, 4.69) is 10.2 Å². The van der Waals surface area contributed by atoms with Crippen molar-refractivity contribution in [2.75, 3.05) is 6.54 Å². The van der Waals surface area contributed by atoms with Crippen LogP contribution in [0.3, 0.4) is 0 Å². The summed E-state index contributed by atoms with van der Waals surface area (Å²) in [4.78, 5) is 0.958. The first-order valence-corrected chi connectivity index (χ1v) is 8.10. The SMILES string of the molecule is NCC1CCCC1c1nn2c(C3CCC3)nnc2s1. The number of nitrogens with zero attached hydrogens (tertiary/aromatic N) is 4. The molecule has 2 N–H and O–H groups in total. The zero-order valence-electron chi connectivity index (χ0n) is 11.0. The Labute approximate surface area is 116 Å². The average molecular weight is 277 g/mol. The molecule has 4 rings (SSSR count). The molecule has 2 fully saturated rings. The third-order valence-corrected chi connectivity index (χ3v) is 5.81. The van der Waals surface area contributed by atoms with Gasteiger partial charge >= 0.3 is 0 Å². The Morgan fingerprint density at radius 2 is 2.00 bits per heavy atom. The molecule has 0 amide bonds. The predicted octanol–water partition coefficient (Wildman–Crippen LogP) is 2.30. The average Bonchev–Trinajstić information content (AvgIpc) is 3.01. The van der Waals surface area contributed by atoms with Crippen LogP contribution in [0, 0.1) is 5.92 Å². The van der Waals surface area contributed by atoms with E-state index in [0.717, 1.165) is 17.3 Å². The molecule has 2 atom stereocenters. The molecule has 2 aliphatic carbocycles. The normalized spacial score (nSPS) is 28.1. The Morgan fingerprint density at radius 3 is 2.74 bits per heavy atom. The Bertz CT molecular complexity index is 585. The van der Waals surface area contributed by atoms with Crippen molar-refractivity contribution in [3.8, 4) is 0 Å². The summed E-state index contributed by atoms with van der Waals surface area (Å²) in [5, 5.41) is 14.7. The van der Waals surface area contributed by atoms with Crippen LogP contribution in [0.5, 0.6) is 0 Å². The molecule has 0 spiro atoms. The van der Waals surface area contributed by atoms with Crippen molar-refractivity contribution in [2.45, 2.75) is 50.4 Å². The molecule has 2 aromatic heterocycles. The quantitative estimate of drug-likeness (QED) is 0.934. The summed E-state index contributed by atoms with van der Waals surface area (Å²) < 4.78 is 2.00. The first kappa shape index (κ1) is 11.8. The molecule has 2 unspecified atom stereocenters. The van der Waals surface area contributed by atoms with Gasteiger partial charge in [-0.1, -0.05) is 24.2 Å². The maximum atomic E-state index is 5.88. The van der Waals surface area contributed by atoms with Gasteiger partial charge < -0.3 is 5.73 Å². The van der Waals surface area contributed by atoms with Gasteiger partial charge in [-0.2, -0.15) is 9.61 Å². The highest BCUT2D eigenvalue weighted by Crippen LogP contribution is 2.41. The van der Waals surface area contributed by atoms with Crippen LogP contribution in [0.4, 0.5) is 0 Å². The number of hydrogen-bond acceptors (Lipinski definition) is 5. The lowest BCUT2D eigenvalue weighted by atomic mass is 9.85. The Morgan fingerprint density at radius 1 is 1.16 bits per heavy atom. The van der Waals surface area contributed by atoms with E-state index in [1.165, 1.54) is 43.5 Å². The summed E-state index contributed by atoms with van der Waals surface area (Å²) in [6.07, 6.45) is 7.54. The fraction of sp³-hybridized carbons (Fsp3) is 0.769. The molecule has 2 aliphatic rings. The first-order valence-electron chi connectivity index (χ1n) is 7.29. The van der Waals surface area contributed by atoms with Crippen LogP contribution in [-0.2, 0) is 0 Å². The van der Waals surface area contributed by atoms with Gasteiger partial charge in [0.15, 0.2) is 5.82 Å². The standard InChI is InChI=1S/C13H19N5S/c14-7-9-5-2-6-10(9)12-17-18-11(8-3-1-4-8)15-16-13(18)19-12/h8-10H,1-7,14H2. The predicted molar refractivity (Wildman–Crippen MR) is 74.4 cm³/mol. The first-order chi connectivity index (χ1) is 9.36. The number of nitrogens with two attached hydrogens (primary N) is 1. The second-order valence-electron chi connectivity index (χ2n) is 5.85. The van der Waals surface area contributed by atoms with Gasteiger partial charge in [0.05, 0.1) is 0 Å². The van der Waals surface area contributed by atoms with Crippen molar-refractivity contribution >= 4 is 16.3 Å². The van der Waals surface area contributed by atoms with Gasteiger partial charge in [0.2, 0.25) is 4.96 Å². The van der Waals surface area contributed by atoms with Gasteiger partial charge in [0.1, 0.15) is 5.01 Å². The van der Waals surface area contributed by atoms with Crippen molar-refractivity contribution in [3.63, 3.8) is 0 Å². The molecule has 0 bridgehead atoms. The van der Waals surface area contributed by atoms with Crippen molar-refractivity contribution in [3.05, 3.63) is 10.8 Å². The molecule has 2 saturated carbocycles. The van der Waals surface area contributed by atoms with Crippen molar-refractivity contribution in [1.82, 2.24) is 19.8 Å². The minimum atomic E-state index is 0.547. The van der Waals surface area contributed by atoms with Crippen molar-refractivity contribution in [2.24, 2.45) is 11.7 Å². The molecule has 0 aliphatic heterocycles. The molecule has 2 aromatic rings. The van der Waals surface area contributed by atoms with Gasteiger partial charge in [-0.3, -0.25) is 0 Å². The van der Waals surface area contributed by atoms with Gasteiger partial charge in [0.25, 0.3) is 0 Å². The number of rotatable bonds is 3. The van der Waals surface area contributed by atoms with E-state index in [4.69, 9.17) is 10.8 Å². The molecule has 2 heterocycles. The fourth-order valence-electron chi connectivity index (χ4n) is 3.36. The minimum Gasteiger partial charge on any atom is -0.330 e. The number of fused-ring (bicyclic) bond motifs is 1. The minimum absolute atomic E-state index is 0.547. The lowest BCUT2D eigenvalue weighted by molar-refractivity contribution is 0.394. The van der Waals surface area contributed by atoms with Crippen molar-refractivity contribution in [1.29, 1.82) is 0 Å². The van der Waals surface area contributed by atoms with Gasteiger partial charge in [-0.25, -0.2) is 0 Å². The fourth-order valence-corrected chi connectivity index (χ4v) is 4.44. The van der Waals surface area contributed by atoms with E-state index < -0.39 is 0 Å². The molecular formula is C13H19N5S. The molecule has 102 valence electrons. The summed E-state index contributed by atoms with van der Waals surface area (Å²) in [6, 6.07) is 0. The van der Waals surface area contributed by atoms with Gasteiger partial charge in [-0.15, -0.1) is 10.2 Å². The van der Waals surface area contributed by atoms with Crippen LogP contribution >= 0.6 is 11.3 Å². The van der Waals surface area contributed by atoms with Crippen LogP contribution in [0.1, 0.15) is 61.2 Å². The summed E-state index contributed by atoms with van der Waals surface area (Å²) in [6.45, 7) is 0.778. The zero-order valence-corrected chi connectivity index (χ0v) is 11.8. The van der Waals surface area contributed by atoms with Crippen LogP contribution < -0.4 is 5.73 Å². The topological polar surface area (TPSA) is 69.1 Å². The molecule has 19 heavy (non-hydrogen) atoms. The highest BCUT2D eigenvalue weighted by Gasteiger charge is 2.32. The van der Waals surface area contributed by atoms with Crippen LogP contribution in [0.15, 0.2) is 0 Å². The largest absolute Gasteiger partial charge is 0.330 e. The second kappa shape index (κ2) is 4.52. The Hall–Kier alpha value is -1.01. The molecule has 6 heteroatoms. The third-order valence-electron chi connectivity index (χ3n) is 4.78. The second-order valence-corrected chi connectivity index (χ2v) is 6.84. The smallest absolute Gasteiger partial charge is 0.234 e. The van der Waals surface area contributed by atoms with E-state index in [9.17, 15) is 0 Å². The zero-order chi connectivity index (χ0) is 12.8. The van der Waals surface area contributed by atoms with E-state index in [1.54, 1.807) is 11.3 Å². The highest BCUT2D eigenvalue weighted by molar-refractivity contribution is 7.16. The van der Waals surface area contributed by atoms with Crippen LogP contribution in [-0.4, -0.2) is 26.4 Å². The van der Waals surface area contributed by atoms with E-state index in [-0.39, 0.29) is 0 Å². The number of hydrogen-bond donors (Lipinski definition) is 1. The van der Waals surface area contributed by atoms with Gasteiger partial charge in [-0.05, 0) is 38.1 Å². The maximum Gasteiger partial charge on any atom is 0.234 e. The van der Waals surface area contributed by atoms with Crippen LogP contribution in [0.2, 0.25) is 0 Å². The molecule has 0 aromatic carbocycles. The Kier molecular flexibility index (Phi) is 2.81. The molecular weight excluding hydrogens is 258 g/mol. The van der Waals surface area contributed by atoms with E-state index in [1.807, 2.05) is 4.52 Å². The summed E-state index contributed by atoms with van der Waals surface area (Å²) in [7, 11) is 0. The van der Waals surface area contributed by atoms with Crippen LogP contribution in [0.25, 0.3) is 4.96 Å². The molecule has 0 saturated heterocycles. The molecule has 0 radical (unpaired) electrons. The summed E-state index contributed by atoms with van der Waals surface area (Å²) in [5.74, 6) is 2.81. The molecule has 5 nitrogen and oxygen atoms in total. The van der Waals surface area contributed by atoms with E-state index >= 15 is 0 Å². The monoisotopic (exact) mass is 277 g/mol. The highest BCUT2D eigenvalue weighted by atomic mass is 32.1. The van der Waals surface area contributed by atoms with Gasteiger partial charge in [0, 0.05) is 11.8 Å². The lowest BCUT2D eigenvalue weighted by Crippen LogP contribution is -2.17. The van der Waals surface area contributed by atoms with Crippen molar-refractivity contribution < 1.29 is 0 Å². The Balaban J connectivity index is 1.69. The summed E-state index contributed by atoms with van der Waals surface area (Å²) in [5.41, 5.74) is 5.88.